The molecule has 18 rings (SSSR count). The van der Waals surface area contributed by atoms with Gasteiger partial charge in [0, 0.05) is 26.9 Å². The first-order chi connectivity index (χ1) is 41.6. The highest BCUT2D eigenvalue weighted by Crippen LogP contribution is 2.48. The molecule has 0 N–H and O–H groups in total. The van der Waals surface area contributed by atoms with Gasteiger partial charge in [-0.3, -0.25) is 0 Å². The van der Waals surface area contributed by atoms with E-state index in [0.717, 1.165) is 93.2 Å². The minimum absolute atomic E-state index is 0.873. The molecule has 0 amide bonds. The fraction of sp³-hybridized carbons (Fsp3) is 0. The van der Waals surface area contributed by atoms with E-state index in [1.165, 1.54) is 92.8 Å². The lowest BCUT2D eigenvalue weighted by molar-refractivity contribution is 0.669. The van der Waals surface area contributed by atoms with Crippen molar-refractivity contribution in [2.75, 3.05) is 0 Å². The van der Waals surface area contributed by atoms with Gasteiger partial charge >= 0.3 is 0 Å². The summed E-state index contributed by atoms with van der Waals surface area (Å²) in [5, 5.41) is 21.4. The van der Waals surface area contributed by atoms with Crippen molar-refractivity contribution in [1.29, 1.82) is 0 Å². The molecular formula is C82H48O2. The van der Waals surface area contributed by atoms with Crippen LogP contribution >= 0.6 is 0 Å². The van der Waals surface area contributed by atoms with Gasteiger partial charge in [0.1, 0.15) is 22.3 Å². The molecule has 0 spiro atoms. The molecule has 0 radical (unpaired) electrons. The van der Waals surface area contributed by atoms with E-state index in [9.17, 15) is 0 Å². The molecule has 2 aromatic heterocycles. The summed E-state index contributed by atoms with van der Waals surface area (Å²) in [6.45, 7) is 0. The van der Waals surface area contributed by atoms with Crippen LogP contribution in [0.5, 0.6) is 0 Å². The average Bonchev–Trinajstić information content (AvgIpc) is 3.43. The second-order valence-corrected chi connectivity index (χ2v) is 22.6. The maximum absolute atomic E-state index is 7.00. The standard InChI is InChI=1S/C82H48O2/c1-2-16-51(17-3-1)78-64-21-6-8-23-66(64)81(67-24-9-7-22-65(67)78)60-37-39-62-72-40-35-50-30-31-55(44-73(50)82(72)84-76(62)48-60)54-32-33-57-47-77-74(45-61(57)43-54)63-38-36-56(46-75(63)83-77)53-19-14-20-58(42-53)79-68-25-10-12-27-70(68)80(71-28-13-11-26-69(71)79)59-34-29-49-15-4-5-18-52(49)41-59/h1-48H. The van der Waals surface area contributed by atoms with E-state index >= 15 is 0 Å². The van der Waals surface area contributed by atoms with Crippen LogP contribution in [0.4, 0.5) is 0 Å². The summed E-state index contributed by atoms with van der Waals surface area (Å²) in [6, 6.07) is 107. The highest BCUT2D eigenvalue weighted by atomic mass is 16.3. The first-order valence-corrected chi connectivity index (χ1v) is 28.9. The molecule has 2 heteroatoms. The van der Waals surface area contributed by atoms with Crippen molar-refractivity contribution >= 4 is 119 Å². The molecule has 0 aliphatic rings. The highest BCUT2D eigenvalue weighted by Gasteiger charge is 2.21. The first kappa shape index (κ1) is 46.7. The van der Waals surface area contributed by atoms with Crippen LogP contribution < -0.4 is 0 Å². The Hall–Kier alpha value is -11.1. The summed E-state index contributed by atoms with van der Waals surface area (Å²) in [6.07, 6.45) is 0. The van der Waals surface area contributed by atoms with E-state index in [1.54, 1.807) is 0 Å². The lowest BCUT2D eigenvalue weighted by atomic mass is 9.85. The van der Waals surface area contributed by atoms with Crippen molar-refractivity contribution in [1.82, 2.24) is 0 Å². The van der Waals surface area contributed by atoms with E-state index < -0.39 is 0 Å². The van der Waals surface area contributed by atoms with E-state index in [-0.39, 0.29) is 0 Å². The Kier molecular flexibility index (Phi) is 10.1. The number of rotatable bonds is 6. The Bertz CT molecular complexity index is 5680. The zero-order valence-electron chi connectivity index (χ0n) is 45.5. The van der Waals surface area contributed by atoms with Crippen LogP contribution in [0.25, 0.3) is 186 Å². The van der Waals surface area contributed by atoms with Crippen molar-refractivity contribution in [3.63, 3.8) is 0 Å². The van der Waals surface area contributed by atoms with E-state index in [4.69, 9.17) is 8.83 Å². The summed E-state index contributed by atoms with van der Waals surface area (Å²) >= 11 is 0. The fourth-order valence-corrected chi connectivity index (χ4v) is 14.1. The molecule has 388 valence electrons. The first-order valence-electron chi connectivity index (χ1n) is 28.9. The van der Waals surface area contributed by atoms with E-state index in [1.807, 2.05) is 0 Å². The van der Waals surface area contributed by atoms with Crippen LogP contribution in [-0.4, -0.2) is 0 Å². The largest absolute Gasteiger partial charge is 0.456 e. The summed E-state index contributed by atoms with van der Waals surface area (Å²) in [7, 11) is 0. The van der Waals surface area contributed by atoms with Crippen LogP contribution in [-0.2, 0) is 0 Å². The summed E-state index contributed by atoms with van der Waals surface area (Å²) < 4.78 is 13.7. The van der Waals surface area contributed by atoms with Crippen molar-refractivity contribution in [3.8, 4) is 66.8 Å². The van der Waals surface area contributed by atoms with Crippen molar-refractivity contribution in [2.24, 2.45) is 0 Å². The lowest BCUT2D eigenvalue weighted by Crippen LogP contribution is -1.91. The Balaban J connectivity index is 0.698. The van der Waals surface area contributed by atoms with Crippen molar-refractivity contribution < 1.29 is 8.83 Å². The third-order valence-electron chi connectivity index (χ3n) is 18.0. The molecule has 0 aliphatic heterocycles. The molecule has 2 nitrogen and oxygen atoms in total. The van der Waals surface area contributed by atoms with Gasteiger partial charge < -0.3 is 8.83 Å². The molecule has 2 heterocycles. The van der Waals surface area contributed by atoms with Crippen LogP contribution in [0.1, 0.15) is 0 Å². The normalized spacial score (nSPS) is 12.0. The van der Waals surface area contributed by atoms with Gasteiger partial charge in [0.2, 0.25) is 0 Å². The number of fused-ring (bicyclic) bond motifs is 14. The minimum atomic E-state index is 0.873. The second-order valence-electron chi connectivity index (χ2n) is 22.6. The third-order valence-corrected chi connectivity index (χ3v) is 18.0. The number of benzene rings is 16. The van der Waals surface area contributed by atoms with Crippen LogP contribution in [0, 0.1) is 0 Å². The summed E-state index contributed by atoms with van der Waals surface area (Å²) in [5.74, 6) is 0. The molecule has 0 aliphatic carbocycles. The molecule has 0 fully saturated rings. The zero-order chi connectivity index (χ0) is 55.0. The Morgan fingerprint density at radius 3 is 1.20 bits per heavy atom. The predicted octanol–water partition coefficient (Wildman–Crippen LogP) is 23.6. The van der Waals surface area contributed by atoms with Gasteiger partial charge in [-0.25, -0.2) is 0 Å². The summed E-state index contributed by atoms with van der Waals surface area (Å²) in [5.41, 5.74) is 17.8. The van der Waals surface area contributed by atoms with E-state index in [2.05, 4.69) is 291 Å². The average molecular weight is 1070 g/mol. The molecule has 18 aromatic rings. The van der Waals surface area contributed by atoms with Gasteiger partial charge in [0.25, 0.3) is 0 Å². The van der Waals surface area contributed by atoms with Gasteiger partial charge in [-0.2, -0.15) is 0 Å². The van der Waals surface area contributed by atoms with E-state index in [0.29, 0.717) is 0 Å². The highest BCUT2D eigenvalue weighted by molar-refractivity contribution is 6.24. The van der Waals surface area contributed by atoms with Gasteiger partial charge in [0.15, 0.2) is 0 Å². The van der Waals surface area contributed by atoms with Crippen LogP contribution in [0.15, 0.2) is 300 Å². The van der Waals surface area contributed by atoms with Crippen molar-refractivity contribution in [2.45, 2.75) is 0 Å². The second kappa shape index (κ2) is 18.2. The monoisotopic (exact) mass is 1060 g/mol. The Morgan fingerprint density at radius 2 is 0.536 bits per heavy atom. The number of furan rings is 2. The predicted molar refractivity (Wildman–Crippen MR) is 356 cm³/mol. The van der Waals surface area contributed by atoms with Crippen LogP contribution in [0.3, 0.4) is 0 Å². The Morgan fingerprint density at radius 1 is 0.155 bits per heavy atom. The van der Waals surface area contributed by atoms with Crippen LogP contribution in [0.2, 0.25) is 0 Å². The van der Waals surface area contributed by atoms with Crippen molar-refractivity contribution in [3.05, 3.63) is 291 Å². The molecule has 16 aromatic carbocycles. The molecule has 0 saturated heterocycles. The topological polar surface area (TPSA) is 26.3 Å². The smallest absolute Gasteiger partial charge is 0.143 e. The fourth-order valence-electron chi connectivity index (χ4n) is 14.1. The maximum atomic E-state index is 7.00. The quantitative estimate of drug-likeness (QED) is 0.155. The molecular weight excluding hydrogens is 1020 g/mol. The molecule has 0 bridgehead atoms. The molecule has 0 unspecified atom stereocenters. The van der Waals surface area contributed by atoms with Gasteiger partial charge in [-0.15, -0.1) is 0 Å². The SMILES string of the molecule is c1ccc(-c2c3ccccc3c(-c3ccc4c(c3)oc3c5cc(-c6ccc7cc8oc9cc(-c%10cccc(-c%11c%12ccccc%12c(-c%12ccc%13ccccc%13c%12)c%12ccccc%11%12)c%10)ccc9c8cc7c6)ccc5ccc43)c3ccccc23)cc1. The minimum Gasteiger partial charge on any atom is -0.456 e. The number of hydrogen-bond donors (Lipinski definition) is 0. The molecule has 0 atom stereocenters. The molecule has 84 heavy (non-hydrogen) atoms. The van der Waals surface area contributed by atoms with Gasteiger partial charge in [0.05, 0.1) is 0 Å². The van der Waals surface area contributed by atoms with Gasteiger partial charge in [-0.05, 0) is 204 Å². The zero-order valence-corrected chi connectivity index (χ0v) is 45.5. The maximum Gasteiger partial charge on any atom is 0.143 e. The Labute approximate surface area is 483 Å². The van der Waals surface area contributed by atoms with Gasteiger partial charge in [-0.1, -0.05) is 224 Å². The summed E-state index contributed by atoms with van der Waals surface area (Å²) in [4.78, 5) is 0. The third kappa shape index (κ3) is 7.17. The molecule has 0 saturated carbocycles. The lowest BCUT2D eigenvalue weighted by Gasteiger charge is -2.18. The number of hydrogen-bond acceptors (Lipinski definition) is 2.